The molecular weight excluding hydrogens is 345 g/mol. The lowest BCUT2D eigenvalue weighted by Gasteiger charge is -2.19. The van der Waals surface area contributed by atoms with Crippen molar-refractivity contribution >= 4 is 17.5 Å². The van der Waals surface area contributed by atoms with E-state index in [-0.39, 0.29) is 24.2 Å². The fourth-order valence-corrected chi connectivity index (χ4v) is 3.09. The van der Waals surface area contributed by atoms with Gasteiger partial charge in [0.1, 0.15) is 12.4 Å². The number of anilines is 1. The number of hydrogen-bond acceptors (Lipinski definition) is 2. The Balaban J connectivity index is 1.60. The van der Waals surface area contributed by atoms with Gasteiger partial charge in [0, 0.05) is 43.8 Å². The highest BCUT2D eigenvalue weighted by Crippen LogP contribution is 2.16. The molecule has 1 atom stereocenters. The molecule has 142 valence electrons. The van der Waals surface area contributed by atoms with Gasteiger partial charge in [-0.15, -0.1) is 0 Å². The molecule has 1 saturated carbocycles. The fraction of sp³-hybridized carbons (Fsp3) is 0.333. The third-order valence-electron chi connectivity index (χ3n) is 4.74. The fourth-order valence-electron chi connectivity index (χ4n) is 3.09. The zero-order chi connectivity index (χ0) is 19.4. The van der Waals surface area contributed by atoms with Gasteiger partial charge in [0.25, 0.3) is 11.8 Å². The molecule has 2 N–H and O–H groups in total. The first-order valence-corrected chi connectivity index (χ1v) is 9.13. The average molecular weight is 370 g/mol. The van der Waals surface area contributed by atoms with Crippen molar-refractivity contribution in [1.29, 1.82) is 0 Å². The summed E-state index contributed by atoms with van der Waals surface area (Å²) >= 11 is 0. The maximum absolute atomic E-state index is 13.9. The van der Waals surface area contributed by atoms with Gasteiger partial charge in [-0.3, -0.25) is 9.59 Å². The smallest absolute Gasteiger partial charge is 0.279 e. The second-order valence-electron chi connectivity index (χ2n) is 7.20. The molecule has 1 aliphatic carbocycles. The van der Waals surface area contributed by atoms with E-state index in [0.29, 0.717) is 29.4 Å². The van der Waals surface area contributed by atoms with E-state index < -0.39 is 0 Å². The van der Waals surface area contributed by atoms with Crippen molar-refractivity contribution in [2.24, 2.45) is 0 Å². The summed E-state index contributed by atoms with van der Waals surface area (Å²) in [5, 5.41) is 2.87. The van der Waals surface area contributed by atoms with E-state index in [1.807, 2.05) is 6.07 Å². The molecule has 0 spiro atoms. The van der Waals surface area contributed by atoms with Crippen LogP contribution in [0.25, 0.3) is 0 Å². The maximum Gasteiger partial charge on any atom is 0.279 e. The van der Waals surface area contributed by atoms with Gasteiger partial charge in [0.05, 0.1) is 6.04 Å². The SMILES string of the molecule is CN(C)C(=O)c1ccc(NC(=O)C[NH+](Cc2ccccc2F)C2CC2)cc1. The number of nitrogens with zero attached hydrogens (tertiary/aromatic N) is 1. The van der Waals surface area contributed by atoms with Gasteiger partial charge < -0.3 is 15.1 Å². The van der Waals surface area contributed by atoms with Crippen molar-refractivity contribution in [2.75, 3.05) is 26.0 Å². The minimum Gasteiger partial charge on any atom is -0.345 e. The standard InChI is InChI=1S/C21H24FN3O2/c1-24(2)21(27)15-7-9-17(10-8-15)23-20(26)14-25(18-11-12-18)13-16-5-3-4-6-19(16)22/h3-10,18H,11-14H2,1-2H3,(H,23,26)/p+1. The summed E-state index contributed by atoms with van der Waals surface area (Å²) in [7, 11) is 3.39. The van der Waals surface area contributed by atoms with Crippen molar-refractivity contribution in [3.63, 3.8) is 0 Å². The number of nitrogens with one attached hydrogen (secondary N) is 2. The van der Waals surface area contributed by atoms with Crippen LogP contribution in [-0.4, -0.2) is 43.4 Å². The molecule has 0 aliphatic heterocycles. The predicted octanol–water partition coefficient (Wildman–Crippen LogP) is 1.71. The van der Waals surface area contributed by atoms with Crippen LogP contribution in [0, 0.1) is 5.82 Å². The quantitative estimate of drug-likeness (QED) is 0.780. The molecule has 0 heterocycles. The highest BCUT2D eigenvalue weighted by Gasteiger charge is 2.35. The summed E-state index contributed by atoms with van der Waals surface area (Å²) in [6.07, 6.45) is 2.14. The van der Waals surface area contributed by atoms with Crippen LogP contribution < -0.4 is 10.2 Å². The number of rotatable bonds is 7. The third-order valence-corrected chi connectivity index (χ3v) is 4.74. The molecule has 0 bridgehead atoms. The largest absolute Gasteiger partial charge is 0.345 e. The third kappa shape index (κ3) is 5.14. The van der Waals surface area contributed by atoms with E-state index in [2.05, 4.69) is 5.32 Å². The second-order valence-corrected chi connectivity index (χ2v) is 7.20. The summed E-state index contributed by atoms with van der Waals surface area (Å²) in [5.74, 6) is -0.417. The van der Waals surface area contributed by atoms with E-state index in [9.17, 15) is 14.0 Å². The van der Waals surface area contributed by atoms with Crippen LogP contribution >= 0.6 is 0 Å². The van der Waals surface area contributed by atoms with Crippen molar-refractivity contribution < 1.29 is 18.9 Å². The van der Waals surface area contributed by atoms with Gasteiger partial charge >= 0.3 is 0 Å². The minimum atomic E-state index is -0.225. The van der Waals surface area contributed by atoms with Gasteiger partial charge in [-0.1, -0.05) is 18.2 Å². The summed E-state index contributed by atoms with van der Waals surface area (Å²) in [6.45, 7) is 0.790. The molecule has 1 aliphatic rings. The van der Waals surface area contributed by atoms with Crippen LogP contribution in [0.15, 0.2) is 48.5 Å². The van der Waals surface area contributed by atoms with Gasteiger partial charge in [-0.05, 0) is 30.3 Å². The maximum atomic E-state index is 13.9. The topological polar surface area (TPSA) is 53.9 Å². The zero-order valence-corrected chi connectivity index (χ0v) is 15.7. The number of quaternary nitrogens is 1. The normalized spacial score (nSPS) is 14.5. The van der Waals surface area contributed by atoms with Crippen LogP contribution in [-0.2, 0) is 11.3 Å². The number of hydrogen-bond donors (Lipinski definition) is 2. The second kappa shape index (κ2) is 8.31. The van der Waals surface area contributed by atoms with Crippen molar-refractivity contribution in [2.45, 2.75) is 25.4 Å². The molecule has 1 unspecified atom stereocenters. The summed E-state index contributed by atoms with van der Waals surface area (Å²) in [4.78, 5) is 27.0. The first kappa shape index (κ1) is 19.0. The molecule has 27 heavy (non-hydrogen) atoms. The number of amides is 2. The Morgan fingerprint density at radius 2 is 1.78 bits per heavy atom. The Labute approximate surface area is 158 Å². The Hall–Kier alpha value is -2.73. The van der Waals surface area contributed by atoms with E-state index in [4.69, 9.17) is 0 Å². The molecule has 2 amide bonds. The average Bonchev–Trinajstić information content (AvgIpc) is 3.48. The number of carbonyl (C=O) groups excluding carboxylic acids is 2. The van der Waals surface area contributed by atoms with E-state index in [1.165, 1.54) is 11.0 Å². The molecule has 0 aromatic heterocycles. The van der Waals surface area contributed by atoms with Crippen LogP contribution in [0.2, 0.25) is 0 Å². The molecule has 6 heteroatoms. The molecule has 3 rings (SSSR count). The van der Waals surface area contributed by atoms with Crippen LogP contribution in [0.1, 0.15) is 28.8 Å². The first-order valence-electron chi connectivity index (χ1n) is 9.13. The van der Waals surface area contributed by atoms with E-state index in [0.717, 1.165) is 17.7 Å². The predicted molar refractivity (Wildman–Crippen MR) is 102 cm³/mol. The lowest BCUT2D eigenvalue weighted by atomic mass is 10.2. The highest BCUT2D eigenvalue weighted by molar-refractivity contribution is 5.95. The number of carbonyl (C=O) groups is 2. The lowest BCUT2D eigenvalue weighted by Crippen LogP contribution is -3.13. The summed E-state index contributed by atoms with van der Waals surface area (Å²) in [6, 6.07) is 14.0. The van der Waals surface area contributed by atoms with Crippen molar-refractivity contribution in [1.82, 2.24) is 4.90 Å². The summed E-state index contributed by atoms with van der Waals surface area (Å²) < 4.78 is 13.9. The molecule has 2 aromatic rings. The Morgan fingerprint density at radius 3 is 2.37 bits per heavy atom. The monoisotopic (exact) mass is 370 g/mol. The molecule has 0 radical (unpaired) electrons. The minimum absolute atomic E-state index is 0.0814. The van der Waals surface area contributed by atoms with Crippen molar-refractivity contribution in [3.05, 3.63) is 65.5 Å². The van der Waals surface area contributed by atoms with Crippen molar-refractivity contribution in [3.8, 4) is 0 Å². The number of benzene rings is 2. The molecular formula is C21H25FN3O2+. The van der Waals surface area contributed by atoms with Gasteiger partial charge in [-0.2, -0.15) is 0 Å². The van der Waals surface area contributed by atoms with Crippen LogP contribution in [0.5, 0.6) is 0 Å². The van der Waals surface area contributed by atoms with Gasteiger partial charge in [-0.25, -0.2) is 4.39 Å². The Kier molecular flexibility index (Phi) is 5.86. The first-order chi connectivity index (χ1) is 12.9. The van der Waals surface area contributed by atoms with Crippen LogP contribution in [0.4, 0.5) is 10.1 Å². The van der Waals surface area contributed by atoms with E-state index >= 15 is 0 Å². The lowest BCUT2D eigenvalue weighted by molar-refractivity contribution is -0.917. The number of halogens is 1. The Morgan fingerprint density at radius 1 is 1.11 bits per heavy atom. The molecule has 5 nitrogen and oxygen atoms in total. The van der Waals surface area contributed by atoms with Gasteiger partial charge in [0.2, 0.25) is 0 Å². The van der Waals surface area contributed by atoms with Gasteiger partial charge in [0.15, 0.2) is 6.54 Å². The molecule has 1 fully saturated rings. The van der Waals surface area contributed by atoms with Crippen LogP contribution in [0.3, 0.4) is 0 Å². The highest BCUT2D eigenvalue weighted by atomic mass is 19.1. The van der Waals surface area contributed by atoms with E-state index in [1.54, 1.807) is 50.5 Å². The molecule has 2 aromatic carbocycles. The zero-order valence-electron chi connectivity index (χ0n) is 15.7. The molecule has 0 saturated heterocycles. The summed E-state index contributed by atoms with van der Waals surface area (Å²) in [5.41, 5.74) is 1.86. The Bertz CT molecular complexity index is 816.